The molecule has 1 fully saturated rings. The molecule has 1 amide bonds. The Bertz CT molecular complexity index is 701. The molecule has 0 aliphatic carbocycles. The van der Waals surface area contributed by atoms with Crippen molar-refractivity contribution in [3.8, 4) is 0 Å². The number of likely N-dealkylation sites (tertiary alicyclic amines) is 1. The molecule has 1 saturated heterocycles. The van der Waals surface area contributed by atoms with Crippen LogP contribution in [-0.2, 0) is 25.8 Å². The maximum atomic E-state index is 12.6. The molecule has 30 heavy (non-hydrogen) atoms. The summed E-state index contributed by atoms with van der Waals surface area (Å²) in [6.07, 6.45) is 5.90. The number of carboxylic acid groups (broad SMARTS) is 2. The van der Waals surface area contributed by atoms with Crippen molar-refractivity contribution >= 4 is 23.6 Å². The Morgan fingerprint density at radius 1 is 1.17 bits per heavy atom. The van der Waals surface area contributed by atoms with E-state index < -0.39 is 11.9 Å². The van der Waals surface area contributed by atoms with Crippen LogP contribution in [0.25, 0.3) is 0 Å². The van der Waals surface area contributed by atoms with Crippen LogP contribution >= 0.6 is 0 Å². The van der Waals surface area contributed by atoms with Crippen LogP contribution in [0.2, 0.25) is 0 Å². The molecule has 1 aromatic heterocycles. The SMILES string of the molecule is CNC(CC(C)C)C(=O)N1CCC(=NOCc2ccncc2)CC1.O=C(O)C(=O)O. The van der Waals surface area contributed by atoms with Gasteiger partial charge in [-0.05, 0) is 37.1 Å². The molecule has 0 saturated carbocycles. The van der Waals surface area contributed by atoms with Crippen molar-refractivity contribution in [3.05, 3.63) is 30.1 Å². The van der Waals surface area contributed by atoms with E-state index in [1.54, 1.807) is 12.4 Å². The molecule has 1 unspecified atom stereocenters. The molecule has 10 nitrogen and oxygen atoms in total. The van der Waals surface area contributed by atoms with E-state index in [2.05, 4.69) is 29.3 Å². The van der Waals surface area contributed by atoms with E-state index in [0.717, 1.165) is 30.5 Å². The number of carboxylic acids is 2. The van der Waals surface area contributed by atoms with Crippen molar-refractivity contribution in [2.45, 2.75) is 45.8 Å². The van der Waals surface area contributed by atoms with E-state index in [0.29, 0.717) is 25.6 Å². The van der Waals surface area contributed by atoms with Gasteiger partial charge in [-0.25, -0.2) is 9.59 Å². The predicted molar refractivity (Wildman–Crippen MR) is 110 cm³/mol. The van der Waals surface area contributed by atoms with Crippen LogP contribution < -0.4 is 5.32 Å². The topological polar surface area (TPSA) is 141 Å². The second-order valence-electron chi connectivity index (χ2n) is 7.19. The second-order valence-corrected chi connectivity index (χ2v) is 7.19. The molecular weight excluding hydrogens is 392 g/mol. The molecule has 1 atom stereocenters. The number of amides is 1. The molecule has 0 spiro atoms. The monoisotopic (exact) mass is 422 g/mol. The van der Waals surface area contributed by atoms with E-state index in [9.17, 15) is 4.79 Å². The number of carbonyl (C=O) groups excluding carboxylic acids is 1. The van der Waals surface area contributed by atoms with Crippen molar-refractivity contribution in [3.63, 3.8) is 0 Å². The minimum Gasteiger partial charge on any atom is -0.473 e. The van der Waals surface area contributed by atoms with Gasteiger partial charge >= 0.3 is 11.9 Å². The van der Waals surface area contributed by atoms with Crippen molar-refractivity contribution in [2.24, 2.45) is 11.1 Å². The normalized spacial score (nSPS) is 14.4. The summed E-state index contributed by atoms with van der Waals surface area (Å²) in [5.41, 5.74) is 2.07. The number of nitrogens with zero attached hydrogens (tertiary/aromatic N) is 3. The molecule has 2 heterocycles. The average molecular weight is 422 g/mol. The maximum absolute atomic E-state index is 12.6. The molecule has 3 N–H and O–H groups in total. The largest absolute Gasteiger partial charge is 0.473 e. The van der Waals surface area contributed by atoms with Crippen molar-refractivity contribution in [1.29, 1.82) is 0 Å². The first-order valence-corrected chi connectivity index (χ1v) is 9.73. The summed E-state index contributed by atoms with van der Waals surface area (Å²) in [7, 11) is 1.86. The van der Waals surface area contributed by atoms with Gasteiger partial charge in [-0.3, -0.25) is 9.78 Å². The third-order valence-electron chi connectivity index (χ3n) is 4.36. The van der Waals surface area contributed by atoms with Gasteiger partial charge in [-0.1, -0.05) is 19.0 Å². The van der Waals surface area contributed by atoms with Crippen LogP contribution in [0.3, 0.4) is 0 Å². The molecule has 1 aromatic rings. The standard InChI is InChI=1S/C18H28N4O2.C2H2O4/c1-14(2)12-17(19-3)18(23)22-10-6-16(7-11-22)21-24-13-15-4-8-20-9-5-15;3-1(4)2(5)6/h4-5,8-9,14,17,19H,6-7,10-13H2,1-3H3;(H,3,4)(H,5,6). The highest BCUT2D eigenvalue weighted by atomic mass is 16.6. The molecule has 0 radical (unpaired) electrons. The zero-order valence-corrected chi connectivity index (χ0v) is 17.6. The third-order valence-corrected chi connectivity index (χ3v) is 4.36. The van der Waals surface area contributed by atoms with Crippen LogP contribution in [-0.4, -0.2) is 69.8 Å². The number of aliphatic carboxylic acids is 2. The van der Waals surface area contributed by atoms with E-state index in [4.69, 9.17) is 24.6 Å². The van der Waals surface area contributed by atoms with Crippen molar-refractivity contribution < 1.29 is 29.4 Å². The summed E-state index contributed by atoms with van der Waals surface area (Å²) in [5.74, 6) is -2.96. The van der Waals surface area contributed by atoms with Gasteiger partial charge in [0.25, 0.3) is 0 Å². The Balaban J connectivity index is 0.000000656. The predicted octanol–water partition coefficient (Wildman–Crippen LogP) is 1.37. The molecular formula is C20H30N4O6. The number of nitrogens with one attached hydrogen (secondary N) is 1. The lowest BCUT2D eigenvalue weighted by Crippen LogP contribution is -2.48. The maximum Gasteiger partial charge on any atom is 0.414 e. The number of rotatable bonds is 7. The third kappa shape index (κ3) is 9.46. The Morgan fingerprint density at radius 2 is 1.73 bits per heavy atom. The van der Waals surface area contributed by atoms with Gasteiger partial charge in [-0.2, -0.15) is 0 Å². The minimum atomic E-state index is -1.82. The fourth-order valence-corrected chi connectivity index (χ4v) is 2.79. The summed E-state index contributed by atoms with van der Waals surface area (Å²) in [5, 5.41) is 22.2. The molecule has 10 heteroatoms. The molecule has 0 aromatic carbocycles. The van der Waals surface area contributed by atoms with Gasteiger partial charge in [0, 0.05) is 38.3 Å². The number of carbonyl (C=O) groups is 3. The van der Waals surface area contributed by atoms with Gasteiger partial charge in [0.15, 0.2) is 0 Å². The lowest BCUT2D eigenvalue weighted by Gasteiger charge is -2.31. The summed E-state index contributed by atoms with van der Waals surface area (Å²) >= 11 is 0. The number of aromatic nitrogens is 1. The highest BCUT2D eigenvalue weighted by molar-refractivity contribution is 6.27. The zero-order valence-electron chi connectivity index (χ0n) is 17.6. The summed E-state index contributed by atoms with van der Waals surface area (Å²) in [6.45, 7) is 6.15. The first-order valence-electron chi connectivity index (χ1n) is 9.73. The minimum absolute atomic E-state index is 0.0913. The molecule has 0 bridgehead atoms. The number of hydrogen-bond acceptors (Lipinski definition) is 7. The van der Waals surface area contributed by atoms with Crippen LogP contribution in [0.15, 0.2) is 29.7 Å². The second kappa shape index (κ2) is 13.3. The van der Waals surface area contributed by atoms with Crippen LogP contribution in [0.1, 0.15) is 38.7 Å². The van der Waals surface area contributed by atoms with E-state index >= 15 is 0 Å². The Hall–Kier alpha value is -3.01. The molecule has 166 valence electrons. The lowest BCUT2D eigenvalue weighted by atomic mass is 10.0. The number of likely N-dealkylation sites (N-methyl/N-ethyl adjacent to an activating group) is 1. The van der Waals surface area contributed by atoms with Crippen LogP contribution in [0, 0.1) is 5.92 Å². The summed E-state index contributed by atoms with van der Waals surface area (Å²) in [6, 6.07) is 3.73. The van der Waals surface area contributed by atoms with Gasteiger partial charge < -0.3 is 25.3 Å². The fraction of sp³-hybridized carbons (Fsp3) is 0.550. The highest BCUT2D eigenvalue weighted by Crippen LogP contribution is 2.13. The van der Waals surface area contributed by atoms with Gasteiger partial charge in [0.2, 0.25) is 5.91 Å². The van der Waals surface area contributed by atoms with E-state index in [1.165, 1.54) is 0 Å². The number of piperidine rings is 1. The number of pyridine rings is 1. The molecule has 2 rings (SSSR count). The highest BCUT2D eigenvalue weighted by Gasteiger charge is 2.26. The smallest absolute Gasteiger partial charge is 0.414 e. The summed E-state index contributed by atoms with van der Waals surface area (Å²) < 4.78 is 0. The fourth-order valence-electron chi connectivity index (χ4n) is 2.79. The van der Waals surface area contributed by atoms with Gasteiger partial charge in [0.1, 0.15) is 6.61 Å². The lowest BCUT2D eigenvalue weighted by molar-refractivity contribution is -0.159. The molecule has 1 aliphatic rings. The summed E-state index contributed by atoms with van der Waals surface area (Å²) in [4.78, 5) is 42.1. The van der Waals surface area contributed by atoms with Crippen molar-refractivity contribution in [1.82, 2.24) is 15.2 Å². The Morgan fingerprint density at radius 3 is 2.20 bits per heavy atom. The zero-order chi connectivity index (χ0) is 22.5. The average Bonchev–Trinajstić information content (AvgIpc) is 2.73. The van der Waals surface area contributed by atoms with Gasteiger partial charge in [0.05, 0.1) is 11.8 Å². The van der Waals surface area contributed by atoms with Crippen LogP contribution in [0.4, 0.5) is 0 Å². The number of hydrogen-bond donors (Lipinski definition) is 3. The Labute approximate surface area is 175 Å². The van der Waals surface area contributed by atoms with Crippen LogP contribution in [0.5, 0.6) is 0 Å². The van der Waals surface area contributed by atoms with E-state index in [1.807, 2.05) is 24.1 Å². The van der Waals surface area contributed by atoms with E-state index in [-0.39, 0.29) is 11.9 Å². The van der Waals surface area contributed by atoms with Crippen molar-refractivity contribution in [2.75, 3.05) is 20.1 Å². The van der Waals surface area contributed by atoms with Gasteiger partial charge in [-0.15, -0.1) is 0 Å². The first-order chi connectivity index (χ1) is 14.2. The Kier molecular flexibility index (Phi) is 11.1. The quantitative estimate of drug-likeness (QED) is 0.442. The first kappa shape index (κ1) is 25.0. The number of oxime groups is 1. The molecule has 1 aliphatic heterocycles.